The van der Waals surface area contributed by atoms with Crippen molar-refractivity contribution in [2.24, 2.45) is 0 Å². The van der Waals surface area contributed by atoms with Crippen molar-refractivity contribution in [3.05, 3.63) is 65.7 Å². The number of benzene rings is 2. The molecule has 0 heterocycles. The van der Waals surface area contributed by atoms with Gasteiger partial charge in [0.05, 0.1) is 0 Å². The van der Waals surface area contributed by atoms with Crippen LogP contribution in [0.4, 0.5) is 0 Å². The third kappa shape index (κ3) is 5.51. The Morgan fingerprint density at radius 1 is 0.870 bits per heavy atom. The number of aryl methyl sites for hydroxylation is 2. The highest BCUT2D eigenvalue weighted by Crippen LogP contribution is 2.25. The van der Waals surface area contributed by atoms with Gasteiger partial charge in [0.25, 0.3) is 0 Å². The summed E-state index contributed by atoms with van der Waals surface area (Å²) in [5.41, 5.74) is 1.92. The number of hydrogen-bond acceptors (Lipinski definition) is 4. The lowest BCUT2D eigenvalue weighted by Gasteiger charge is -2.01. The number of phenolic OH excluding ortho intramolecular Hbond substituents is 3. The van der Waals surface area contributed by atoms with Gasteiger partial charge in [-0.05, 0) is 60.7 Å². The van der Waals surface area contributed by atoms with Crippen LogP contribution >= 0.6 is 0 Å². The van der Waals surface area contributed by atoms with E-state index in [-0.39, 0.29) is 23.0 Å². The summed E-state index contributed by atoms with van der Waals surface area (Å²) in [6.07, 6.45) is 5.87. The van der Waals surface area contributed by atoms with Gasteiger partial charge in [-0.3, -0.25) is 4.79 Å². The van der Waals surface area contributed by atoms with Gasteiger partial charge in [-0.15, -0.1) is 0 Å². The van der Waals surface area contributed by atoms with Crippen molar-refractivity contribution in [3.8, 4) is 17.2 Å². The lowest BCUT2D eigenvalue weighted by Crippen LogP contribution is -1.96. The van der Waals surface area contributed by atoms with Crippen LogP contribution in [0.25, 0.3) is 0 Å². The highest BCUT2D eigenvalue weighted by atomic mass is 16.3. The Morgan fingerprint density at radius 3 is 2.26 bits per heavy atom. The monoisotopic (exact) mass is 312 g/mol. The molecule has 3 N–H and O–H groups in total. The molecule has 0 saturated carbocycles. The van der Waals surface area contributed by atoms with Crippen molar-refractivity contribution >= 4 is 5.78 Å². The maximum absolute atomic E-state index is 11.8. The molecule has 0 atom stereocenters. The zero-order valence-corrected chi connectivity index (χ0v) is 12.8. The first kappa shape index (κ1) is 16.6. The number of allylic oxidation sites excluding steroid dienone is 2. The molecular weight excluding hydrogens is 292 g/mol. The standard InChI is InChI=1S/C19H20O4/c20-16(9-5-14-6-10-17(21)11-7-14)4-2-1-3-15-8-12-18(22)19(23)13-15/h2,4,6-8,10-13,21-23H,1,3,5,9H2/b4-2+. The summed E-state index contributed by atoms with van der Waals surface area (Å²) in [5, 5.41) is 27.8. The second-order valence-corrected chi connectivity index (χ2v) is 5.40. The smallest absolute Gasteiger partial charge is 0.157 e. The molecular formula is C19H20O4. The fraction of sp³-hybridized carbons (Fsp3) is 0.211. The van der Waals surface area contributed by atoms with E-state index < -0.39 is 0 Å². The first-order chi connectivity index (χ1) is 11.0. The van der Waals surface area contributed by atoms with Gasteiger partial charge in [-0.2, -0.15) is 0 Å². The van der Waals surface area contributed by atoms with Gasteiger partial charge in [0, 0.05) is 6.42 Å². The van der Waals surface area contributed by atoms with Crippen LogP contribution in [0.1, 0.15) is 24.0 Å². The number of carbonyl (C=O) groups is 1. The van der Waals surface area contributed by atoms with Crippen molar-refractivity contribution < 1.29 is 20.1 Å². The molecule has 0 aliphatic heterocycles. The van der Waals surface area contributed by atoms with Crippen molar-refractivity contribution in [3.63, 3.8) is 0 Å². The van der Waals surface area contributed by atoms with E-state index in [0.717, 1.165) is 11.1 Å². The van der Waals surface area contributed by atoms with Crippen LogP contribution in [0.15, 0.2) is 54.6 Å². The van der Waals surface area contributed by atoms with Gasteiger partial charge < -0.3 is 15.3 Å². The summed E-state index contributed by atoms with van der Waals surface area (Å²) in [6.45, 7) is 0. The maximum atomic E-state index is 11.8. The molecule has 4 heteroatoms. The van der Waals surface area contributed by atoms with E-state index in [9.17, 15) is 20.1 Å². The summed E-state index contributed by atoms with van der Waals surface area (Å²) in [7, 11) is 0. The van der Waals surface area contributed by atoms with Crippen LogP contribution in [0.5, 0.6) is 17.2 Å². The minimum absolute atomic E-state index is 0.0617. The summed E-state index contributed by atoms with van der Waals surface area (Å²) >= 11 is 0. The zero-order valence-electron chi connectivity index (χ0n) is 12.8. The number of ketones is 1. The molecule has 0 aliphatic rings. The summed E-state index contributed by atoms with van der Waals surface area (Å²) < 4.78 is 0. The SMILES string of the molecule is O=C(/C=C/CCc1ccc(O)c(O)c1)CCc1ccc(O)cc1. The molecule has 4 nitrogen and oxygen atoms in total. The predicted molar refractivity (Wildman–Crippen MR) is 88.7 cm³/mol. The van der Waals surface area contributed by atoms with Gasteiger partial charge >= 0.3 is 0 Å². The molecule has 0 saturated heterocycles. The Labute approximate surface area is 135 Å². The average molecular weight is 312 g/mol. The molecule has 0 fully saturated rings. The number of aromatic hydroxyl groups is 3. The minimum Gasteiger partial charge on any atom is -0.508 e. The molecule has 0 unspecified atom stereocenters. The normalized spacial score (nSPS) is 11.0. The molecule has 23 heavy (non-hydrogen) atoms. The topological polar surface area (TPSA) is 77.8 Å². The summed E-state index contributed by atoms with van der Waals surface area (Å²) in [6, 6.07) is 11.6. The molecule has 0 aliphatic carbocycles. The lowest BCUT2D eigenvalue weighted by molar-refractivity contribution is -0.114. The van der Waals surface area contributed by atoms with Crippen molar-refractivity contribution in [1.82, 2.24) is 0 Å². The van der Waals surface area contributed by atoms with Crippen LogP contribution in [0.3, 0.4) is 0 Å². The Bertz CT molecular complexity index is 687. The van der Waals surface area contributed by atoms with E-state index in [4.69, 9.17) is 0 Å². The number of carbonyl (C=O) groups excluding carboxylic acids is 1. The second kappa shape index (κ2) is 8.03. The van der Waals surface area contributed by atoms with Gasteiger partial charge in [0.15, 0.2) is 17.3 Å². The summed E-state index contributed by atoms with van der Waals surface area (Å²) in [5.74, 6) is 0.0250. The Balaban J connectivity index is 1.73. The molecule has 2 rings (SSSR count). The summed E-state index contributed by atoms with van der Waals surface area (Å²) in [4.78, 5) is 11.8. The van der Waals surface area contributed by atoms with Crippen LogP contribution in [-0.2, 0) is 17.6 Å². The third-order valence-electron chi connectivity index (χ3n) is 3.54. The Hall–Kier alpha value is -2.75. The fourth-order valence-electron chi connectivity index (χ4n) is 2.20. The van der Waals surface area contributed by atoms with E-state index in [0.29, 0.717) is 25.7 Å². The third-order valence-corrected chi connectivity index (χ3v) is 3.54. The Morgan fingerprint density at radius 2 is 1.57 bits per heavy atom. The predicted octanol–water partition coefficient (Wildman–Crippen LogP) is 3.49. The second-order valence-electron chi connectivity index (χ2n) is 5.40. The van der Waals surface area contributed by atoms with Crippen LogP contribution in [0.2, 0.25) is 0 Å². The van der Waals surface area contributed by atoms with E-state index in [2.05, 4.69) is 0 Å². The molecule has 0 radical (unpaired) electrons. The molecule has 120 valence electrons. The fourth-order valence-corrected chi connectivity index (χ4v) is 2.20. The highest BCUT2D eigenvalue weighted by Gasteiger charge is 2.01. The first-order valence-electron chi connectivity index (χ1n) is 7.53. The van der Waals surface area contributed by atoms with Crippen molar-refractivity contribution in [1.29, 1.82) is 0 Å². The van der Waals surface area contributed by atoms with Crippen LogP contribution in [0, 0.1) is 0 Å². The van der Waals surface area contributed by atoms with Gasteiger partial charge in [0.2, 0.25) is 0 Å². The molecule has 2 aromatic rings. The van der Waals surface area contributed by atoms with Crippen LogP contribution < -0.4 is 0 Å². The molecule has 0 aromatic heterocycles. The molecule has 0 amide bonds. The number of hydrogen-bond donors (Lipinski definition) is 3. The van der Waals surface area contributed by atoms with Gasteiger partial charge in [-0.25, -0.2) is 0 Å². The zero-order chi connectivity index (χ0) is 16.7. The largest absolute Gasteiger partial charge is 0.508 e. The van der Waals surface area contributed by atoms with E-state index in [1.807, 2.05) is 18.2 Å². The minimum atomic E-state index is -0.131. The molecule has 0 bridgehead atoms. The van der Waals surface area contributed by atoms with Gasteiger partial charge in [0.1, 0.15) is 5.75 Å². The van der Waals surface area contributed by atoms with E-state index in [1.165, 1.54) is 12.1 Å². The van der Waals surface area contributed by atoms with Gasteiger partial charge in [-0.1, -0.05) is 24.3 Å². The van der Waals surface area contributed by atoms with Crippen molar-refractivity contribution in [2.45, 2.75) is 25.7 Å². The number of rotatable bonds is 7. The quantitative estimate of drug-likeness (QED) is 0.540. The Kier molecular flexibility index (Phi) is 5.80. The first-order valence-corrected chi connectivity index (χ1v) is 7.53. The number of phenols is 3. The van der Waals surface area contributed by atoms with Crippen LogP contribution in [-0.4, -0.2) is 21.1 Å². The molecule has 2 aromatic carbocycles. The average Bonchev–Trinajstić information content (AvgIpc) is 2.54. The maximum Gasteiger partial charge on any atom is 0.157 e. The lowest BCUT2D eigenvalue weighted by atomic mass is 10.1. The molecule has 0 spiro atoms. The van der Waals surface area contributed by atoms with E-state index >= 15 is 0 Å². The highest BCUT2D eigenvalue weighted by molar-refractivity contribution is 5.89. The van der Waals surface area contributed by atoms with E-state index in [1.54, 1.807) is 24.3 Å². The van der Waals surface area contributed by atoms with Crippen molar-refractivity contribution in [2.75, 3.05) is 0 Å².